The maximum absolute atomic E-state index is 9.82. The summed E-state index contributed by atoms with van der Waals surface area (Å²) in [5, 5.41) is 10.6. The van der Waals surface area contributed by atoms with Crippen LogP contribution in [0.5, 0.6) is 11.6 Å². The zero-order valence-corrected chi connectivity index (χ0v) is 17.4. The van der Waals surface area contributed by atoms with Gasteiger partial charge in [-0.2, -0.15) is 0 Å². The van der Waals surface area contributed by atoms with E-state index in [0.29, 0.717) is 24.0 Å². The molecule has 0 atom stereocenters. The Kier molecular flexibility index (Phi) is 5.08. The molecule has 1 aliphatic carbocycles. The minimum absolute atomic E-state index is 0.118. The number of hydrogen-bond acceptors (Lipinski definition) is 6. The van der Waals surface area contributed by atoms with Gasteiger partial charge in [-0.3, -0.25) is 0 Å². The SMILES string of the molecule is COc1ccc(-c2c(-c3ccccc3)oc3ncnc(OCC4(CO)CCC4)c23)cc1. The van der Waals surface area contributed by atoms with Crippen LogP contribution in [0, 0.1) is 5.41 Å². The maximum Gasteiger partial charge on any atom is 0.234 e. The molecule has 1 saturated carbocycles. The smallest absolute Gasteiger partial charge is 0.234 e. The molecule has 2 aromatic heterocycles. The van der Waals surface area contributed by atoms with Crippen molar-refractivity contribution in [2.75, 3.05) is 20.3 Å². The minimum atomic E-state index is -0.177. The molecule has 1 N–H and O–H groups in total. The van der Waals surface area contributed by atoms with Gasteiger partial charge in [-0.05, 0) is 30.5 Å². The van der Waals surface area contributed by atoms with Crippen molar-refractivity contribution >= 4 is 11.1 Å². The van der Waals surface area contributed by atoms with Gasteiger partial charge in [0.15, 0.2) is 0 Å². The summed E-state index contributed by atoms with van der Waals surface area (Å²) in [5.74, 6) is 1.97. The lowest BCUT2D eigenvalue weighted by Gasteiger charge is -2.39. The Morgan fingerprint density at radius 1 is 1.00 bits per heavy atom. The van der Waals surface area contributed by atoms with E-state index >= 15 is 0 Å². The van der Waals surface area contributed by atoms with Gasteiger partial charge in [0.2, 0.25) is 11.6 Å². The summed E-state index contributed by atoms with van der Waals surface area (Å²) < 4.78 is 17.7. The number of nitrogens with zero attached hydrogens (tertiary/aromatic N) is 2. The molecular formula is C25H24N2O4. The first-order valence-corrected chi connectivity index (χ1v) is 10.4. The fourth-order valence-electron chi connectivity index (χ4n) is 4.09. The first-order valence-electron chi connectivity index (χ1n) is 10.4. The van der Waals surface area contributed by atoms with E-state index in [2.05, 4.69) is 9.97 Å². The lowest BCUT2D eigenvalue weighted by Crippen LogP contribution is -2.39. The minimum Gasteiger partial charge on any atom is -0.497 e. The lowest BCUT2D eigenvalue weighted by molar-refractivity contribution is -0.000781. The molecule has 0 saturated heterocycles. The highest BCUT2D eigenvalue weighted by atomic mass is 16.5. The molecule has 0 spiro atoms. The molecule has 5 rings (SSSR count). The molecule has 0 unspecified atom stereocenters. The van der Waals surface area contributed by atoms with Gasteiger partial charge in [-0.25, -0.2) is 9.97 Å². The predicted octanol–water partition coefficient (Wildman–Crippen LogP) is 5.11. The monoisotopic (exact) mass is 416 g/mol. The van der Waals surface area contributed by atoms with Crippen molar-refractivity contribution < 1.29 is 19.0 Å². The van der Waals surface area contributed by atoms with Gasteiger partial charge in [0, 0.05) is 16.5 Å². The van der Waals surface area contributed by atoms with E-state index in [4.69, 9.17) is 13.9 Å². The molecule has 4 aromatic rings. The summed E-state index contributed by atoms with van der Waals surface area (Å²) in [6, 6.07) is 17.8. The predicted molar refractivity (Wildman–Crippen MR) is 118 cm³/mol. The number of aliphatic hydroxyl groups is 1. The summed E-state index contributed by atoms with van der Waals surface area (Å²) in [6.45, 7) is 0.538. The summed E-state index contributed by atoms with van der Waals surface area (Å²) in [4.78, 5) is 8.80. The van der Waals surface area contributed by atoms with Crippen molar-refractivity contribution in [3.8, 4) is 34.1 Å². The van der Waals surface area contributed by atoms with Crippen molar-refractivity contribution in [2.24, 2.45) is 5.41 Å². The quantitative estimate of drug-likeness (QED) is 0.451. The molecule has 0 amide bonds. The third-order valence-electron chi connectivity index (χ3n) is 6.13. The van der Waals surface area contributed by atoms with E-state index in [1.165, 1.54) is 6.33 Å². The number of rotatable bonds is 7. The van der Waals surface area contributed by atoms with Crippen LogP contribution >= 0.6 is 0 Å². The standard InChI is InChI=1S/C25H24N2O4/c1-29-19-10-8-17(9-11-19)20-21-23(30-15-25(14-28)12-5-13-25)26-16-27-24(21)31-22(20)18-6-3-2-4-7-18/h2-4,6-11,16,28H,5,12-15H2,1H3. The second-order valence-corrected chi connectivity index (χ2v) is 8.06. The number of methoxy groups -OCH3 is 1. The number of aromatic nitrogens is 2. The van der Waals surface area contributed by atoms with Crippen LogP contribution in [0.25, 0.3) is 33.6 Å². The van der Waals surface area contributed by atoms with Crippen LogP contribution < -0.4 is 9.47 Å². The Morgan fingerprint density at radius 3 is 2.42 bits per heavy atom. The van der Waals surface area contributed by atoms with Crippen LogP contribution in [0.2, 0.25) is 0 Å². The Balaban J connectivity index is 1.66. The maximum atomic E-state index is 9.82. The molecule has 2 heterocycles. The topological polar surface area (TPSA) is 77.6 Å². The van der Waals surface area contributed by atoms with Crippen LogP contribution in [0.1, 0.15) is 19.3 Å². The van der Waals surface area contributed by atoms with Crippen molar-refractivity contribution in [3.63, 3.8) is 0 Å². The summed E-state index contributed by atoms with van der Waals surface area (Å²) in [6.07, 6.45) is 4.50. The third-order valence-corrected chi connectivity index (χ3v) is 6.13. The molecule has 2 aromatic carbocycles. The Labute approximate surface area is 180 Å². The van der Waals surface area contributed by atoms with Crippen LogP contribution in [0.15, 0.2) is 65.3 Å². The van der Waals surface area contributed by atoms with Crippen molar-refractivity contribution in [1.82, 2.24) is 9.97 Å². The van der Waals surface area contributed by atoms with E-state index in [9.17, 15) is 5.11 Å². The molecule has 1 fully saturated rings. The second kappa shape index (κ2) is 8.04. The Bertz CT molecular complexity index is 1180. The number of hydrogen-bond donors (Lipinski definition) is 1. The molecule has 158 valence electrons. The number of furan rings is 1. The summed E-state index contributed by atoms with van der Waals surface area (Å²) >= 11 is 0. The number of benzene rings is 2. The normalized spacial score (nSPS) is 14.9. The molecule has 6 nitrogen and oxygen atoms in total. The zero-order chi connectivity index (χ0) is 21.3. The van der Waals surface area contributed by atoms with Crippen molar-refractivity contribution in [2.45, 2.75) is 19.3 Å². The van der Waals surface area contributed by atoms with E-state index in [-0.39, 0.29) is 12.0 Å². The van der Waals surface area contributed by atoms with Gasteiger partial charge in [-0.15, -0.1) is 0 Å². The van der Waals surface area contributed by atoms with Gasteiger partial charge in [0.25, 0.3) is 0 Å². The zero-order valence-electron chi connectivity index (χ0n) is 17.4. The molecule has 6 heteroatoms. The Morgan fingerprint density at radius 2 is 1.77 bits per heavy atom. The average Bonchev–Trinajstić information content (AvgIpc) is 3.20. The van der Waals surface area contributed by atoms with Crippen LogP contribution in [-0.4, -0.2) is 35.4 Å². The molecule has 0 aliphatic heterocycles. The van der Waals surface area contributed by atoms with Gasteiger partial charge in [0.1, 0.15) is 23.2 Å². The highest BCUT2D eigenvalue weighted by Crippen LogP contribution is 2.45. The van der Waals surface area contributed by atoms with Crippen LogP contribution in [-0.2, 0) is 0 Å². The first kappa shape index (κ1) is 19.6. The summed E-state index contributed by atoms with van der Waals surface area (Å²) in [5.41, 5.74) is 3.08. The lowest BCUT2D eigenvalue weighted by atomic mass is 9.70. The number of ether oxygens (including phenoxy) is 2. The van der Waals surface area contributed by atoms with Gasteiger partial charge in [-0.1, -0.05) is 48.9 Å². The van der Waals surface area contributed by atoms with Gasteiger partial charge < -0.3 is 19.0 Å². The number of aliphatic hydroxyl groups excluding tert-OH is 1. The first-order chi connectivity index (χ1) is 15.2. The molecule has 0 radical (unpaired) electrons. The van der Waals surface area contributed by atoms with Gasteiger partial charge >= 0.3 is 0 Å². The van der Waals surface area contributed by atoms with Crippen LogP contribution in [0.4, 0.5) is 0 Å². The fraction of sp³-hybridized carbons (Fsp3) is 0.280. The van der Waals surface area contributed by atoms with E-state index in [0.717, 1.165) is 47.1 Å². The van der Waals surface area contributed by atoms with Crippen molar-refractivity contribution in [3.05, 3.63) is 60.9 Å². The fourth-order valence-corrected chi connectivity index (χ4v) is 4.09. The number of fused-ring (bicyclic) bond motifs is 1. The van der Waals surface area contributed by atoms with E-state index in [1.54, 1.807) is 7.11 Å². The third kappa shape index (κ3) is 3.53. The highest BCUT2D eigenvalue weighted by molar-refractivity contribution is 6.03. The largest absolute Gasteiger partial charge is 0.497 e. The molecular weight excluding hydrogens is 392 g/mol. The van der Waals surface area contributed by atoms with Crippen molar-refractivity contribution in [1.29, 1.82) is 0 Å². The molecule has 1 aliphatic rings. The highest BCUT2D eigenvalue weighted by Gasteiger charge is 2.37. The van der Waals surface area contributed by atoms with E-state index < -0.39 is 0 Å². The van der Waals surface area contributed by atoms with E-state index in [1.807, 2.05) is 54.6 Å². The Hall–Kier alpha value is -3.38. The summed E-state index contributed by atoms with van der Waals surface area (Å²) in [7, 11) is 1.65. The van der Waals surface area contributed by atoms with Gasteiger partial charge in [0.05, 0.1) is 20.3 Å². The average molecular weight is 416 g/mol. The molecule has 0 bridgehead atoms. The molecule has 31 heavy (non-hydrogen) atoms. The van der Waals surface area contributed by atoms with Crippen LogP contribution in [0.3, 0.4) is 0 Å². The second-order valence-electron chi connectivity index (χ2n) is 8.06.